The lowest BCUT2D eigenvalue weighted by Crippen LogP contribution is -2.48. The number of thiophene rings is 1. The first-order chi connectivity index (χ1) is 17.9. The Morgan fingerprint density at radius 1 is 1.16 bits per heavy atom. The average Bonchev–Trinajstić information content (AvgIpc) is 3.41. The van der Waals surface area contributed by atoms with Crippen LogP contribution in [0.3, 0.4) is 0 Å². The Hall–Kier alpha value is -3.03. The molecule has 0 N–H and O–H groups in total. The van der Waals surface area contributed by atoms with Gasteiger partial charge in [0.15, 0.2) is 0 Å². The molecule has 4 rings (SSSR count). The minimum atomic E-state index is -0.226. The quantitative estimate of drug-likeness (QED) is 0.311. The summed E-state index contributed by atoms with van der Waals surface area (Å²) in [4.78, 5) is 32.1. The predicted molar refractivity (Wildman–Crippen MR) is 148 cm³/mol. The van der Waals surface area contributed by atoms with Gasteiger partial charge in [-0.2, -0.15) is 0 Å². The second-order valence-corrected chi connectivity index (χ2v) is 10.8. The number of hydrogen-bond donors (Lipinski definition) is 0. The number of rotatable bonds is 10. The summed E-state index contributed by atoms with van der Waals surface area (Å²) in [5.41, 5.74) is 1.63. The van der Waals surface area contributed by atoms with Crippen molar-refractivity contribution >= 4 is 34.8 Å². The van der Waals surface area contributed by atoms with Crippen LogP contribution in [0, 0.1) is 5.92 Å². The number of nitrogens with zero attached hydrogens (tertiary/aromatic N) is 2. The van der Waals surface area contributed by atoms with Crippen molar-refractivity contribution in [3.63, 3.8) is 0 Å². The predicted octanol–water partition coefficient (Wildman–Crippen LogP) is 6.10. The molecule has 2 unspecified atom stereocenters. The van der Waals surface area contributed by atoms with Crippen molar-refractivity contribution in [1.29, 1.82) is 0 Å². The molecule has 0 spiro atoms. The fourth-order valence-electron chi connectivity index (χ4n) is 4.50. The Bertz CT molecular complexity index is 1210. The number of carbonyl (C=O) groups excluding carboxylic acids is 2. The van der Waals surface area contributed by atoms with Crippen molar-refractivity contribution in [2.24, 2.45) is 5.92 Å². The Morgan fingerprint density at radius 3 is 2.68 bits per heavy atom. The van der Waals surface area contributed by atoms with Crippen LogP contribution in [0.4, 0.5) is 0 Å². The van der Waals surface area contributed by atoms with E-state index >= 15 is 0 Å². The molecule has 0 fully saturated rings. The molecule has 8 heteroatoms. The number of methoxy groups -OCH3 is 1. The maximum absolute atomic E-state index is 13.8. The number of benzene rings is 2. The van der Waals surface area contributed by atoms with E-state index < -0.39 is 0 Å². The van der Waals surface area contributed by atoms with Crippen LogP contribution >= 0.6 is 22.9 Å². The van der Waals surface area contributed by atoms with Crippen LogP contribution in [0.5, 0.6) is 11.5 Å². The van der Waals surface area contributed by atoms with Gasteiger partial charge in [0.2, 0.25) is 5.91 Å². The fourth-order valence-corrected chi connectivity index (χ4v) is 5.55. The summed E-state index contributed by atoms with van der Waals surface area (Å²) >= 11 is 7.72. The van der Waals surface area contributed by atoms with Gasteiger partial charge in [0.05, 0.1) is 13.2 Å². The SMILES string of the molecule is CCC(C)CN(CC(=O)N1CCc2sccc2C1COc1ccc(Cl)cc1)C(=O)c1cccc(OC)c1. The molecule has 0 bridgehead atoms. The van der Waals surface area contributed by atoms with Crippen LogP contribution < -0.4 is 9.47 Å². The molecule has 0 saturated carbocycles. The van der Waals surface area contributed by atoms with Gasteiger partial charge in [-0.1, -0.05) is 37.9 Å². The van der Waals surface area contributed by atoms with Gasteiger partial charge >= 0.3 is 0 Å². The first kappa shape index (κ1) is 27.0. The maximum Gasteiger partial charge on any atom is 0.254 e. The number of ether oxygens (including phenoxy) is 2. The molecule has 2 heterocycles. The first-order valence-electron chi connectivity index (χ1n) is 12.6. The summed E-state index contributed by atoms with van der Waals surface area (Å²) in [5, 5.41) is 2.71. The monoisotopic (exact) mass is 540 g/mol. The molecule has 0 saturated heterocycles. The van der Waals surface area contributed by atoms with Gasteiger partial charge in [-0.25, -0.2) is 0 Å². The molecule has 1 aromatic heterocycles. The summed E-state index contributed by atoms with van der Waals surface area (Å²) in [6.07, 6.45) is 1.71. The van der Waals surface area contributed by atoms with Gasteiger partial charge in [-0.3, -0.25) is 9.59 Å². The lowest BCUT2D eigenvalue weighted by atomic mass is 10.00. The van der Waals surface area contributed by atoms with E-state index in [2.05, 4.69) is 25.3 Å². The molecule has 2 atom stereocenters. The Kier molecular flexibility index (Phi) is 9.11. The Labute approximate surface area is 227 Å². The molecule has 2 amide bonds. The van der Waals surface area contributed by atoms with Gasteiger partial charge in [0.25, 0.3) is 5.91 Å². The van der Waals surface area contributed by atoms with E-state index in [1.165, 1.54) is 4.88 Å². The summed E-state index contributed by atoms with van der Waals surface area (Å²) < 4.78 is 11.4. The second kappa shape index (κ2) is 12.5. The lowest BCUT2D eigenvalue weighted by Gasteiger charge is -2.37. The van der Waals surface area contributed by atoms with Crippen molar-refractivity contribution in [1.82, 2.24) is 9.80 Å². The number of halogens is 1. The number of hydrogen-bond acceptors (Lipinski definition) is 5. The van der Waals surface area contributed by atoms with Gasteiger partial charge in [0, 0.05) is 28.6 Å². The van der Waals surface area contributed by atoms with Crippen LogP contribution in [0.15, 0.2) is 60.0 Å². The zero-order valence-electron chi connectivity index (χ0n) is 21.5. The number of fused-ring (bicyclic) bond motifs is 1. The molecule has 1 aliphatic rings. The zero-order chi connectivity index (χ0) is 26.4. The average molecular weight is 541 g/mol. The first-order valence-corrected chi connectivity index (χ1v) is 13.8. The molecule has 2 aromatic carbocycles. The van der Waals surface area contributed by atoms with E-state index in [-0.39, 0.29) is 30.3 Å². The van der Waals surface area contributed by atoms with Gasteiger partial charge in [0.1, 0.15) is 24.7 Å². The molecule has 6 nitrogen and oxygen atoms in total. The highest BCUT2D eigenvalue weighted by molar-refractivity contribution is 7.10. The normalized spacial score (nSPS) is 15.6. The third kappa shape index (κ3) is 6.65. The van der Waals surface area contributed by atoms with E-state index in [0.29, 0.717) is 41.8 Å². The summed E-state index contributed by atoms with van der Waals surface area (Å²) in [6.45, 7) is 5.61. The largest absolute Gasteiger partial charge is 0.497 e. The van der Waals surface area contributed by atoms with Gasteiger partial charge in [-0.15, -0.1) is 11.3 Å². The number of carbonyl (C=O) groups is 2. The van der Waals surface area contributed by atoms with Crippen molar-refractivity contribution < 1.29 is 19.1 Å². The van der Waals surface area contributed by atoms with Gasteiger partial charge < -0.3 is 19.3 Å². The van der Waals surface area contributed by atoms with Crippen LogP contribution in [0.1, 0.15) is 47.1 Å². The summed E-state index contributed by atoms with van der Waals surface area (Å²) in [7, 11) is 1.57. The van der Waals surface area contributed by atoms with Crippen LogP contribution in [-0.2, 0) is 11.2 Å². The van der Waals surface area contributed by atoms with Crippen molar-refractivity contribution in [3.05, 3.63) is 81.0 Å². The fraction of sp³-hybridized carbons (Fsp3) is 0.379. The Balaban J connectivity index is 1.54. The van der Waals surface area contributed by atoms with Crippen molar-refractivity contribution in [3.8, 4) is 11.5 Å². The van der Waals surface area contributed by atoms with E-state index in [1.54, 1.807) is 59.7 Å². The number of amides is 2. The second-order valence-electron chi connectivity index (χ2n) is 9.35. The van der Waals surface area contributed by atoms with Crippen LogP contribution in [0.25, 0.3) is 0 Å². The molecular formula is C29H33ClN2O4S. The van der Waals surface area contributed by atoms with Crippen LogP contribution in [0.2, 0.25) is 5.02 Å². The van der Waals surface area contributed by atoms with Gasteiger partial charge in [-0.05, 0) is 71.8 Å². The van der Waals surface area contributed by atoms with Crippen LogP contribution in [-0.4, -0.2) is 55.0 Å². The van der Waals surface area contributed by atoms with E-state index in [0.717, 1.165) is 18.4 Å². The highest BCUT2D eigenvalue weighted by Crippen LogP contribution is 2.34. The molecule has 196 valence electrons. The maximum atomic E-state index is 13.8. The molecule has 0 radical (unpaired) electrons. The highest BCUT2D eigenvalue weighted by Gasteiger charge is 2.34. The topological polar surface area (TPSA) is 59.1 Å². The molecule has 3 aromatic rings. The summed E-state index contributed by atoms with van der Waals surface area (Å²) in [6, 6.07) is 16.2. The summed E-state index contributed by atoms with van der Waals surface area (Å²) in [5.74, 6) is 1.32. The molecule has 1 aliphatic heterocycles. The minimum absolute atomic E-state index is 0.0112. The molecule has 37 heavy (non-hydrogen) atoms. The van der Waals surface area contributed by atoms with Crippen molar-refractivity contribution in [2.75, 3.05) is 33.4 Å². The lowest BCUT2D eigenvalue weighted by molar-refractivity contribution is -0.135. The zero-order valence-corrected chi connectivity index (χ0v) is 23.1. The van der Waals surface area contributed by atoms with Crippen molar-refractivity contribution in [2.45, 2.75) is 32.7 Å². The highest BCUT2D eigenvalue weighted by atomic mass is 35.5. The third-order valence-corrected chi connectivity index (χ3v) is 8.04. The third-order valence-electron chi connectivity index (χ3n) is 6.80. The smallest absolute Gasteiger partial charge is 0.254 e. The standard InChI is InChI=1S/C29H33ClN2O4S/c1-4-20(2)17-31(29(34)21-6-5-7-24(16-21)35-3)18-28(33)32-14-12-27-25(13-15-37-27)26(32)19-36-23-10-8-22(30)9-11-23/h5-11,13,15-16,20,26H,4,12,14,17-19H2,1-3H3. The van der Waals surface area contributed by atoms with E-state index in [1.807, 2.05) is 17.0 Å². The molecule has 0 aliphatic carbocycles. The van der Waals surface area contributed by atoms with E-state index in [9.17, 15) is 9.59 Å². The van der Waals surface area contributed by atoms with E-state index in [4.69, 9.17) is 21.1 Å². The Morgan fingerprint density at radius 2 is 1.95 bits per heavy atom. The minimum Gasteiger partial charge on any atom is -0.497 e. The molecular weight excluding hydrogens is 508 g/mol.